The number of rotatable bonds is 2. The van der Waals surface area contributed by atoms with Crippen LogP contribution in [0.4, 0.5) is 0 Å². The molecule has 2 saturated heterocycles. The Bertz CT molecular complexity index is 401. The molecule has 2 aliphatic rings. The number of nitrogens with zero attached hydrogens (tertiary/aromatic N) is 1. The summed E-state index contributed by atoms with van der Waals surface area (Å²) in [5.41, 5.74) is -1.21. The lowest BCUT2D eigenvalue weighted by Gasteiger charge is -2.43. The van der Waals surface area contributed by atoms with Crippen LogP contribution in [0, 0.1) is 5.92 Å². The standard InChI is InChI=1S/C16H29NO3/c1-11-8-17(10-14(2,3)19-11)9-12-13(18)16(6,7)20-15(12,4)5/h11-12H,8-10H2,1-7H3. The van der Waals surface area contributed by atoms with Crippen LogP contribution >= 0.6 is 0 Å². The molecule has 2 unspecified atom stereocenters. The number of Topliss-reactive ketones (excluding diaryl/α,β-unsaturated/α-hetero) is 1. The summed E-state index contributed by atoms with van der Waals surface area (Å²) in [7, 11) is 0. The van der Waals surface area contributed by atoms with Gasteiger partial charge in [-0.1, -0.05) is 0 Å². The van der Waals surface area contributed by atoms with E-state index in [0.29, 0.717) is 0 Å². The number of carbonyl (C=O) groups is 1. The lowest BCUT2D eigenvalue weighted by atomic mass is 9.85. The van der Waals surface area contributed by atoms with Gasteiger partial charge in [-0.3, -0.25) is 9.69 Å². The topological polar surface area (TPSA) is 38.8 Å². The van der Waals surface area contributed by atoms with E-state index in [1.165, 1.54) is 0 Å². The first-order valence-electron chi connectivity index (χ1n) is 7.58. The normalized spacial score (nSPS) is 36.2. The van der Waals surface area contributed by atoms with Crippen molar-refractivity contribution >= 4 is 5.78 Å². The molecule has 2 heterocycles. The Kier molecular flexibility index (Phi) is 3.81. The highest BCUT2D eigenvalue weighted by atomic mass is 16.5. The fourth-order valence-corrected chi connectivity index (χ4v) is 3.80. The van der Waals surface area contributed by atoms with Crippen molar-refractivity contribution in [2.24, 2.45) is 5.92 Å². The van der Waals surface area contributed by atoms with Crippen molar-refractivity contribution in [3.05, 3.63) is 0 Å². The molecule has 2 fully saturated rings. The van der Waals surface area contributed by atoms with Gasteiger partial charge in [0.25, 0.3) is 0 Å². The van der Waals surface area contributed by atoms with Gasteiger partial charge in [0.15, 0.2) is 5.78 Å². The molecule has 0 radical (unpaired) electrons. The summed E-state index contributed by atoms with van der Waals surface area (Å²) >= 11 is 0. The number of ketones is 1. The van der Waals surface area contributed by atoms with Gasteiger partial charge < -0.3 is 9.47 Å². The molecule has 0 amide bonds. The minimum Gasteiger partial charge on any atom is -0.370 e. The molecule has 0 saturated carbocycles. The van der Waals surface area contributed by atoms with E-state index in [-0.39, 0.29) is 23.4 Å². The summed E-state index contributed by atoms with van der Waals surface area (Å²) in [5.74, 6) is 0.151. The average Bonchev–Trinajstić information content (AvgIpc) is 2.33. The van der Waals surface area contributed by atoms with Crippen molar-refractivity contribution in [1.82, 2.24) is 4.90 Å². The van der Waals surface area contributed by atoms with Crippen LogP contribution in [0.2, 0.25) is 0 Å². The van der Waals surface area contributed by atoms with Crippen LogP contribution in [0.1, 0.15) is 48.5 Å². The molecule has 2 aliphatic heterocycles. The first kappa shape index (κ1) is 15.9. The molecule has 2 rings (SSSR count). The molecule has 0 spiro atoms. The number of hydrogen-bond acceptors (Lipinski definition) is 4. The van der Waals surface area contributed by atoms with Crippen LogP contribution in [-0.4, -0.2) is 53.2 Å². The van der Waals surface area contributed by atoms with E-state index in [2.05, 4.69) is 25.7 Å². The third-order valence-corrected chi connectivity index (χ3v) is 4.35. The molecule has 0 bridgehead atoms. The predicted octanol–water partition coefficient (Wildman–Crippen LogP) is 2.26. The SMILES string of the molecule is CC1CN(CC2C(=O)C(C)(C)OC2(C)C)CC(C)(C)O1. The van der Waals surface area contributed by atoms with Crippen LogP contribution in [0.5, 0.6) is 0 Å². The van der Waals surface area contributed by atoms with Gasteiger partial charge in [0.1, 0.15) is 5.60 Å². The Balaban J connectivity index is 2.11. The Morgan fingerprint density at radius 3 is 2.25 bits per heavy atom. The van der Waals surface area contributed by atoms with Crippen LogP contribution in [0.3, 0.4) is 0 Å². The number of morpholine rings is 1. The van der Waals surface area contributed by atoms with Crippen molar-refractivity contribution in [3.63, 3.8) is 0 Å². The summed E-state index contributed by atoms with van der Waals surface area (Å²) < 4.78 is 11.9. The molecule has 0 aromatic heterocycles. The molecule has 4 nitrogen and oxygen atoms in total. The summed E-state index contributed by atoms with van der Waals surface area (Å²) in [6, 6.07) is 0. The predicted molar refractivity (Wildman–Crippen MR) is 78.8 cm³/mol. The average molecular weight is 283 g/mol. The van der Waals surface area contributed by atoms with Crippen LogP contribution < -0.4 is 0 Å². The number of ether oxygens (including phenoxy) is 2. The Hall–Kier alpha value is -0.450. The molecule has 116 valence electrons. The fraction of sp³-hybridized carbons (Fsp3) is 0.938. The quantitative estimate of drug-likeness (QED) is 0.779. The maximum absolute atomic E-state index is 12.6. The second-order valence-electron chi connectivity index (χ2n) is 8.01. The van der Waals surface area contributed by atoms with Gasteiger partial charge in [-0.15, -0.1) is 0 Å². The summed E-state index contributed by atoms with van der Waals surface area (Å²) in [6.07, 6.45) is 0.201. The zero-order valence-electron chi connectivity index (χ0n) is 13.9. The fourth-order valence-electron chi connectivity index (χ4n) is 3.80. The summed E-state index contributed by atoms with van der Waals surface area (Å²) in [5, 5.41) is 0. The largest absolute Gasteiger partial charge is 0.370 e. The van der Waals surface area contributed by atoms with Gasteiger partial charge in [-0.2, -0.15) is 0 Å². The van der Waals surface area contributed by atoms with Gasteiger partial charge >= 0.3 is 0 Å². The molecule has 0 N–H and O–H groups in total. The number of carbonyl (C=O) groups excluding carboxylic acids is 1. The van der Waals surface area contributed by atoms with E-state index >= 15 is 0 Å². The lowest BCUT2D eigenvalue weighted by molar-refractivity contribution is -0.138. The third-order valence-electron chi connectivity index (χ3n) is 4.35. The molecular weight excluding hydrogens is 254 g/mol. The number of hydrogen-bond donors (Lipinski definition) is 0. The van der Waals surface area contributed by atoms with Gasteiger partial charge in [0.05, 0.1) is 23.2 Å². The van der Waals surface area contributed by atoms with Crippen molar-refractivity contribution < 1.29 is 14.3 Å². The molecule has 2 atom stereocenters. The smallest absolute Gasteiger partial charge is 0.171 e. The van der Waals surface area contributed by atoms with E-state index in [1.807, 2.05) is 27.7 Å². The Morgan fingerprint density at radius 2 is 1.80 bits per heavy atom. The van der Waals surface area contributed by atoms with E-state index < -0.39 is 11.2 Å². The van der Waals surface area contributed by atoms with E-state index in [9.17, 15) is 4.79 Å². The zero-order valence-corrected chi connectivity index (χ0v) is 13.9. The molecule has 0 aromatic carbocycles. The summed E-state index contributed by atoms with van der Waals surface area (Å²) in [4.78, 5) is 14.9. The minimum absolute atomic E-state index is 0.0707. The maximum Gasteiger partial charge on any atom is 0.171 e. The Labute approximate surface area is 122 Å². The molecular formula is C16H29NO3. The van der Waals surface area contributed by atoms with E-state index in [0.717, 1.165) is 19.6 Å². The van der Waals surface area contributed by atoms with Crippen LogP contribution in [0.25, 0.3) is 0 Å². The minimum atomic E-state index is -0.665. The molecule has 0 aliphatic carbocycles. The Morgan fingerprint density at radius 1 is 1.20 bits per heavy atom. The second kappa shape index (κ2) is 4.79. The van der Waals surface area contributed by atoms with Crippen LogP contribution in [0.15, 0.2) is 0 Å². The maximum atomic E-state index is 12.6. The lowest BCUT2D eigenvalue weighted by Crippen LogP contribution is -2.54. The van der Waals surface area contributed by atoms with E-state index in [4.69, 9.17) is 9.47 Å². The van der Waals surface area contributed by atoms with E-state index in [1.54, 1.807) is 0 Å². The molecule has 0 aromatic rings. The first-order chi connectivity index (χ1) is 8.93. The van der Waals surface area contributed by atoms with Crippen molar-refractivity contribution in [3.8, 4) is 0 Å². The second-order valence-corrected chi connectivity index (χ2v) is 8.01. The van der Waals surface area contributed by atoms with Crippen molar-refractivity contribution in [2.45, 2.75) is 71.4 Å². The van der Waals surface area contributed by atoms with Gasteiger partial charge in [0, 0.05) is 19.6 Å². The zero-order chi connectivity index (χ0) is 15.3. The van der Waals surface area contributed by atoms with Gasteiger partial charge in [-0.05, 0) is 48.5 Å². The van der Waals surface area contributed by atoms with Crippen molar-refractivity contribution in [2.75, 3.05) is 19.6 Å². The molecule has 20 heavy (non-hydrogen) atoms. The third kappa shape index (κ3) is 3.07. The highest BCUT2D eigenvalue weighted by molar-refractivity contribution is 5.91. The first-order valence-corrected chi connectivity index (χ1v) is 7.58. The highest BCUT2D eigenvalue weighted by Gasteiger charge is 2.53. The highest BCUT2D eigenvalue weighted by Crippen LogP contribution is 2.40. The monoisotopic (exact) mass is 283 g/mol. The van der Waals surface area contributed by atoms with Gasteiger partial charge in [0.2, 0.25) is 0 Å². The summed E-state index contributed by atoms with van der Waals surface area (Å²) in [6.45, 7) is 16.6. The van der Waals surface area contributed by atoms with Gasteiger partial charge in [-0.25, -0.2) is 0 Å². The van der Waals surface area contributed by atoms with Crippen molar-refractivity contribution in [1.29, 1.82) is 0 Å². The molecule has 4 heteroatoms. The van der Waals surface area contributed by atoms with Crippen LogP contribution in [-0.2, 0) is 14.3 Å².